The van der Waals surface area contributed by atoms with E-state index in [4.69, 9.17) is 4.74 Å². The van der Waals surface area contributed by atoms with Gasteiger partial charge in [-0.15, -0.1) is 0 Å². The summed E-state index contributed by atoms with van der Waals surface area (Å²) in [5, 5.41) is 18.7. The number of carbonyl (C=O) groups is 1. The van der Waals surface area contributed by atoms with E-state index >= 15 is 0 Å². The van der Waals surface area contributed by atoms with Gasteiger partial charge in [0.2, 0.25) is 5.95 Å². The first-order chi connectivity index (χ1) is 15.8. The average Bonchev–Trinajstić information content (AvgIpc) is 2.82. The molecule has 0 saturated heterocycles. The van der Waals surface area contributed by atoms with Crippen LogP contribution < -0.4 is 9.64 Å². The molecule has 0 aliphatic heterocycles. The highest BCUT2D eigenvalue weighted by atomic mass is 16.5. The number of carboxylic acid groups (broad SMARTS) is 1. The van der Waals surface area contributed by atoms with Crippen LogP contribution in [-0.2, 0) is 24.2 Å². The third-order valence-corrected chi connectivity index (χ3v) is 5.36. The molecule has 0 fully saturated rings. The molecule has 1 N–H and O–H groups in total. The van der Waals surface area contributed by atoms with Gasteiger partial charge in [0.1, 0.15) is 5.75 Å². The molecule has 0 aliphatic carbocycles. The van der Waals surface area contributed by atoms with E-state index in [1.165, 1.54) is 13.8 Å². The van der Waals surface area contributed by atoms with Gasteiger partial charge in [0, 0.05) is 25.5 Å². The van der Waals surface area contributed by atoms with Crippen molar-refractivity contribution < 1.29 is 14.6 Å². The van der Waals surface area contributed by atoms with Gasteiger partial charge in [0.05, 0.1) is 11.6 Å². The number of ether oxygens (including phenoxy) is 1. The number of benzene rings is 2. The van der Waals surface area contributed by atoms with Crippen molar-refractivity contribution in [2.24, 2.45) is 0 Å². The zero-order valence-corrected chi connectivity index (χ0v) is 19.2. The Morgan fingerprint density at radius 2 is 1.76 bits per heavy atom. The van der Waals surface area contributed by atoms with Crippen LogP contribution in [0.25, 0.3) is 0 Å². The highest BCUT2D eigenvalue weighted by Crippen LogP contribution is 2.21. The second kappa shape index (κ2) is 10.6. The van der Waals surface area contributed by atoms with Crippen LogP contribution >= 0.6 is 0 Å². The van der Waals surface area contributed by atoms with Crippen molar-refractivity contribution in [2.75, 3.05) is 11.4 Å². The van der Waals surface area contributed by atoms with Gasteiger partial charge in [-0.1, -0.05) is 37.3 Å². The van der Waals surface area contributed by atoms with Gasteiger partial charge >= 0.3 is 5.97 Å². The lowest BCUT2D eigenvalue weighted by molar-refractivity contribution is -0.152. The first kappa shape index (κ1) is 23.7. The Hall–Kier alpha value is -3.92. The fourth-order valence-corrected chi connectivity index (χ4v) is 3.24. The smallest absolute Gasteiger partial charge is 0.347 e. The van der Waals surface area contributed by atoms with Crippen LogP contribution in [0.5, 0.6) is 5.75 Å². The number of nitriles is 1. The van der Waals surface area contributed by atoms with E-state index in [1.54, 1.807) is 12.1 Å². The Bertz CT molecular complexity index is 1120. The van der Waals surface area contributed by atoms with Gasteiger partial charge in [-0.05, 0) is 61.6 Å². The molecule has 170 valence electrons. The highest BCUT2D eigenvalue weighted by Gasteiger charge is 2.29. The highest BCUT2D eigenvalue weighted by molar-refractivity contribution is 5.76. The van der Waals surface area contributed by atoms with Gasteiger partial charge < -0.3 is 14.7 Å². The molecular formula is C26H28N4O3. The lowest BCUT2D eigenvalue weighted by Gasteiger charge is -2.24. The summed E-state index contributed by atoms with van der Waals surface area (Å²) in [6, 6.07) is 17.2. The number of hydrogen-bond acceptors (Lipinski definition) is 6. The largest absolute Gasteiger partial charge is 0.478 e. The maximum absolute atomic E-state index is 11.3. The molecule has 33 heavy (non-hydrogen) atoms. The van der Waals surface area contributed by atoms with Crippen LogP contribution in [0.2, 0.25) is 0 Å². The minimum atomic E-state index is -1.30. The van der Waals surface area contributed by atoms with Crippen molar-refractivity contribution in [2.45, 2.75) is 45.8 Å². The number of carboxylic acids is 1. The standard InChI is InChI=1S/C26H28N4O3/c1-4-19-16-28-25(29-17-19)30(18-22-8-6-5-7-21(22)15-27)14-13-20-9-11-23(12-10-20)33-26(2,3)24(31)32/h5-12,16-17H,4,13-14,18H2,1-3H3,(H,31,32). The van der Waals surface area contributed by atoms with E-state index in [1.807, 2.05) is 48.8 Å². The Morgan fingerprint density at radius 3 is 2.36 bits per heavy atom. The molecular weight excluding hydrogens is 416 g/mol. The van der Waals surface area contributed by atoms with Crippen molar-refractivity contribution in [3.63, 3.8) is 0 Å². The van der Waals surface area contributed by atoms with Crippen molar-refractivity contribution in [3.8, 4) is 11.8 Å². The van der Waals surface area contributed by atoms with Crippen LogP contribution in [0.4, 0.5) is 5.95 Å². The quantitative estimate of drug-likeness (QED) is 0.495. The van der Waals surface area contributed by atoms with Crippen LogP contribution in [0.3, 0.4) is 0 Å². The Kier molecular flexibility index (Phi) is 7.62. The summed E-state index contributed by atoms with van der Waals surface area (Å²) < 4.78 is 5.58. The SMILES string of the molecule is CCc1cnc(N(CCc2ccc(OC(C)(C)C(=O)O)cc2)Cc2ccccc2C#N)nc1. The van der Waals surface area contributed by atoms with Gasteiger partial charge in [-0.25, -0.2) is 14.8 Å². The number of rotatable bonds is 10. The fourth-order valence-electron chi connectivity index (χ4n) is 3.24. The number of hydrogen-bond donors (Lipinski definition) is 1. The molecule has 2 aromatic carbocycles. The molecule has 0 unspecified atom stereocenters. The molecule has 0 radical (unpaired) electrons. The molecule has 3 rings (SSSR count). The van der Waals surface area contributed by atoms with Crippen molar-refractivity contribution >= 4 is 11.9 Å². The zero-order chi connectivity index (χ0) is 23.8. The summed E-state index contributed by atoms with van der Waals surface area (Å²) in [5.74, 6) is 0.0986. The average molecular weight is 445 g/mol. The van der Waals surface area contributed by atoms with Gasteiger partial charge in [0.25, 0.3) is 0 Å². The second-order valence-corrected chi connectivity index (χ2v) is 8.25. The fraction of sp³-hybridized carbons (Fsp3) is 0.308. The van der Waals surface area contributed by atoms with Gasteiger partial charge in [-0.2, -0.15) is 5.26 Å². The molecule has 7 heteroatoms. The van der Waals surface area contributed by atoms with E-state index in [0.29, 0.717) is 30.4 Å². The summed E-state index contributed by atoms with van der Waals surface area (Å²) >= 11 is 0. The molecule has 0 atom stereocenters. The summed E-state index contributed by atoms with van der Waals surface area (Å²) in [6.07, 6.45) is 5.25. The predicted molar refractivity (Wildman–Crippen MR) is 126 cm³/mol. The Balaban J connectivity index is 1.76. The molecule has 3 aromatic rings. The predicted octanol–water partition coefficient (Wildman–Crippen LogP) is 4.40. The van der Waals surface area contributed by atoms with E-state index < -0.39 is 11.6 Å². The van der Waals surface area contributed by atoms with Crippen LogP contribution in [0.1, 0.15) is 43.0 Å². The molecule has 0 saturated carbocycles. The molecule has 1 heterocycles. The summed E-state index contributed by atoms with van der Waals surface area (Å²) in [4.78, 5) is 22.4. The molecule has 0 spiro atoms. The third-order valence-electron chi connectivity index (χ3n) is 5.36. The number of aryl methyl sites for hydroxylation is 1. The van der Waals surface area contributed by atoms with Crippen LogP contribution in [0.15, 0.2) is 60.9 Å². The summed E-state index contributed by atoms with van der Waals surface area (Å²) in [5.41, 5.74) is 2.39. The normalized spacial score (nSPS) is 11.0. The Morgan fingerprint density at radius 1 is 1.09 bits per heavy atom. The number of aliphatic carboxylic acids is 1. The Labute approximate surface area is 194 Å². The van der Waals surface area contributed by atoms with Gasteiger partial charge in [-0.3, -0.25) is 0 Å². The number of nitrogens with zero attached hydrogens (tertiary/aromatic N) is 4. The summed E-state index contributed by atoms with van der Waals surface area (Å²) in [7, 11) is 0. The summed E-state index contributed by atoms with van der Waals surface area (Å²) in [6.45, 7) is 6.26. The number of aromatic nitrogens is 2. The van der Waals surface area contributed by atoms with Gasteiger partial charge in [0.15, 0.2) is 5.60 Å². The molecule has 0 bridgehead atoms. The lowest BCUT2D eigenvalue weighted by atomic mass is 10.1. The molecule has 0 aliphatic rings. The van der Waals surface area contributed by atoms with Crippen LogP contribution in [-0.4, -0.2) is 33.2 Å². The van der Waals surface area contributed by atoms with Crippen molar-refractivity contribution in [3.05, 3.63) is 83.2 Å². The molecule has 0 amide bonds. The van der Waals surface area contributed by atoms with Crippen LogP contribution in [0, 0.1) is 11.3 Å². The molecule has 7 nitrogen and oxygen atoms in total. The van der Waals surface area contributed by atoms with E-state index in [9.17, 15) is 15.2 Å². The van der Waals surface area contributed by atoms with E-state index in [2.05, 4.69) is 27.9 Å². The maximum Gasteiger partial charge on any atom is 0.347 e. The third kappa shape index (κ3) is 6.30. The van der Waals surface area contributed by atoms with E-state index in [-0.39, 0.29) is 0 Å². The number of anilines is 1. The first-order valence-electron chi connectivity index (χ1n) is 10.9. The first-order valence-corrected chi connectivity index (χ1v) is 10.9. The van der Waals surface area contributed by atoms with Crippen molar-refractivity contribution in [1.82, 2.24) is 9.97 Å². The van der Waals surface area contributed by atoms with Crippen molar-refractivity contribution in [1.29, 1.82) is 5.26 Å². The minimum Gasteiger partial charge on any atom is -0.478 e. The zero-order valence-electron chi connectivity index (χ0n) is 19.2. The topological polar surface area (TPSA) is 99.3 Å². The maximum atomic E-state index is 11.3. The lowest BCUT2D eigenvalue weighted by Crippen LogP contribution is -2.37. The minimum absolute atomic E-state index is 0.504. The second-order valence-electron chi connectivity index (χ2n) is 8.25. The molecule has 1 aromatic heterocycles. The monoisotopic (exact) mass is 444 g/mol. The van der Waals surface area contributed by atoms with E-state index in [0.717, 1.165) is 29.5 Å².